The number of fused-ring (bicyclic) bond motifs is 1. The molecule has 1 atom stereocenters. The number of nitrogens with zero attached hydrogens (tertiary/aromatic N) is 2. The Morgan fingerprint density at radius 1 is 1.24 bits per heavy atom. The van der Waals surface area contributed by atoms with Crippen LogP contribution >= 0.6 is 0 Å². The molecule has 0 radical (unpaired) electrons. The van der Waals surface area contributed by atoms with E-state index in [1.807, 2.05) is 25.5 Å². The molecule has 1 aromatic carbocycles. The van der Waals surface area contributed by atoms with Crippen molar-refractivity contribution in [3.8, 4) is 0 Å². The normalized spacial score (nSPS) is 13.2. The van der Waals surface area contributed by atoms with Crippen LogP contribution in [0.25, 0.3) is 10.8 Å². The van der Waals surface area contributed by atoms with E-state index in [1.54, 1.807) is 0 Å². The largest absolute Gasteiger partial charge is 0.312 e. The van der Waals surface area contributed by atoms with Gasteiger partial charge in [0.2, 0.25) is 0 Å². The summed E-state index contributed by atoms with van der Waals surface area (Å²) in [6.07, 6.45) is 3.88. The van der Waals surface area contributed by atoms with Crippen LogP contribution in [0.15, 0.2) is 36.7 Å². The minimum absolute atomic E-state index is 0.309. The predicted molar refractivity (Wildman–Crippen MR) is 72.1 cm³/mol. The fraction of sp³-hybridized carbons (Fsp3) is 0.357. The molecule has 2 aromatic rings. The van der Waals surface area contributed by atoms with Crippen molar-refractivity contribution >= 4 is 10.8 Å². The maximum atomic E-state index is 4.33. The maximum Gasteiger partial charge on any atom is 0.0468 e. The third-order valence-electron chi connectivity index (χ3n) is 2.97. The standard InChI is InChI=1S/C14H19N3/c1-15-14(10-17(2)3)13-9-16-8-11-6-4-5-7-12(11)13/h4-9,14-15H,10H2,1-3H3. The number of nitrogens with one attached hydrogen (secondary N) is 1. The van der Waals surface area contributed by atoms with Crippen molar-refractivity contribution in [2.75, 3.05) is 27.7 Å². The van der Waals surface area contributed by atoms with Gasteiger partial charge in [0.05, 0.1) is 0 Å². The Morgan fingerprint density at radius 3 is 2.71 bits per heavy atom. The molecule has 17 heavy (non-hydrogen) atoms. The summed E-state index contributed by atoms with van der Waals surface area (Å²) < 4.78 is 0. The van der Waals surface area contributed by atoms with Crippen LogP contribution in [0.5, 0.6) is 0 Å². The van der Waals surface area contributed by atoms with E-state index >= 15 is 0 Å². The first-order chi connectivity index (χ1) is 8.22. The van der Waals surface area contributed by atoms with Gasteiger partial charge in [-0.3, -0.25) is 4.98 Å². The van der Waals surface area contributed by atoms with Crippen LogP contribution in [0.2, 0.25) is 0 Å². The first-order valence-electron chi connectivity index (χ1n) is 5.87. The van der Waals surface area contributed by atoms with Gasteiger partial charge in [-0.25, -0.2) is 0 Å². The smallest absolute Gasteiger partial charge is 0.0468 e. The van der Waals surface area contributed by atoms with Gasteiger partial charge in [-0.05, 0) is 32.1 Å². The van der Waals surface area contributed by atoms with E-state index in [1.165, 1.54) is 16.3 Å². The second-order valence-electron chi connectivity index (χ2n) is 4.55. The van der Waals surface area contributed by atoms with Crippen LogP contribution < -0.4 is 5.32 Å². The summed E-state index contributed by atoms with van der Waals surface area (Å²) in [7, 11) is 6.17. The van der Waals surface area contributed by atoms with E-state index in [4.69, 9.17) is 0 Å². The summed E-state index contributed by atoms with van der Waals surface area (Å²) in [6, 6.07) is 8.70. The zero-order valence-electron chi connectivity index (χ0n) is 10.6. The number of hydrogen-bond acceptors (Lipinski definition) is 3. The Bertz CT molecular complexity index is 488. The Hall–Kier alpha value is -1.45. The van der Waals surface area contributed by atoms with E-state index in [0.29, 0.717) is 6.04 Å². The van der Waals surface area contributed by atoms with Gasteiger partial charge in [-0.1, -0.05) is 24.3 Å². The highest BCUT2D eigenvalue weighted by Gasteiger charge is 2.13. The summed E-state index contributed by atoms with van der Waals surface area (Å²) in [4.78, 5) is 6.51. The third kappa shape index (κ3) is 2.62. The van der Waals surface area contributed by atoms with Gasteiger partial charge in [0.1, 0.15) is 0 Å². The van der Waals surface area contributed by atoms with Crippen molar-refractivity contribution in [2.24, 2.45) is 0 Å². The van der Waals surface area contributed by atoms with E-state index in [9.17, 15) is 0 Å². The van der Waals surface area contributed by atoms with Crippen LogP contribution in [0, 0.1) is 0 Å². The zero-order valence-corrected chi connectivity index (χ0v) is 10.6. The van der Waals surface area contributed by atoms with E-state index in [2.05, 4.69) is 47.5 Å². The van der Waals surface area contributed by atoms with Crippen molar-refractivity contribution in [3.05, 3.63) is 42.2 Å². The lowest BCUT2D eigenvalue weighted by molar-refractivity contribution is 0.353. The maximum absolute atomic E-state index is 4.33. The van der Waals surface area contributed by atoms with Gasteiger partial charge in [-0.15, -0.1) is 0 Å². The van der Waals surface area contributed by atoms with E-state index < -0.39 is 0 Å². The Labute approximate surface area is 102 Å². The van der Waals surface area contributed by atoms with Crippen molar-refractivity contribution in [2.45, 2.75) is 6.04 Å². The van der Waals surface area contributed by atoms with Gasteiger partial charge in [-0.2, -0.15) is 0 Å². The molecule has 0 fully saturated rings. The van der Waals surface area contributed by atoms with E-state index in [0.717, 1.165) is 6.54 Å². The van der Waals surface area contributed by atoms with Gasteiger partial charge in [0.15, 0.2) is 0 Å². The fourth-order valence-electron chi connectivity index (χ4n) is 2.13. The molecule has 1 unspecified atom stereocenters. The first-order valence-corrected chi connectivity index (χ1v) is 5.87. The molecule has 3 nitrogen and oxygen atoms in total. The molecule has 0 spiro atoms. The molecule has 0 saturated carbocycles. The highest BCUT2D eigenvalue weighted by atomic mass is 15.1. The molecule has 0 bridgehead atoms. The average Bonchev–Trinajstić information content (AvgIpc) is 2.35. The molecule has 0 aliphatic rings. The molecular weight excluding hydrogens is 210 g/mol. The molecule has 90 valence electrons. The van der Waals surface area contributed by atoms with Gasteiger partial charge >= 0.3 is 0 Å². The van der Waals surface area contributed by atoms with Crippen molar-refractivity contribution in [1.82, 2.24) is 15.2 Å². The minimum Gasteiger partial charge on any atom is -0.312 e. The summed E-state index contributed by atoms with van der Waals surface area (Å²) in [5, 5.41) is 5.84. The van der Waals surface area contributed by atoms with Crippen LogP contribution in [0.4, 0.5) is 0 Å². The van der Waals surface area contributed by atoms with Crippen molar-refractivity contribution in [1.29, 1.82) is 0 Å². The molecule has 2 rings (SSSR count). The van der Waals surface area contributed by atoms with Crippen LogP contribution in [0.1, 0.15) is 11.6 Å². The number of aromatic nitrogens is 1. The van der Waals surface area contributed by atoms with Gasteiger partial charge in [0.25, 0.3) is 0 Å². The van der Waals surface area contributed by atoms with Crippen LogP contribution in [0.3, 0.4) is 0 Å². The second kappa shape index (κ2) is 5.25. The monoisotopic (exact) mass is 229 g/mol. The third-order valence-corrected chi connectivity index (χ3v) is 2.97. The number of likely N-dealkylation sites (N-methyl/N-ethyl adjacent to an activating group) is 2. The summed E-state index contributed by atoms with van der Waals surface area (Å²) in [6.45, 7) is 0.964. The summed E-state index contributed by atoms with van der Waals surface area (Å²) >= 11 is 0. The molecule has 1 heterocycles. The summed E-state index contributed by atoms with van der Waals surface area (Å²) in [5.41, 5.74) is 1.26. The van der Waals surface area contributed by atoms with Crippen LogP contribution in [-0.4, -0.2) is 37.6 Å². The van der Waals surface area contributed by atoms with Crippen molar-refractivity contribution in [3.63, 3.8) is 0 Å². The molecule has 0 aliphatic heterocycles. The molecule has 0 amide bonds. The average molecular weight is 229 g/mol. The number of pyridine rings is 1. The zero-order chi connectivity index (χ0) is 12.3. The highest BCUT2D eigenvalue weighted by molar-refractivity contribution is 5.85. The highest BCUT2D eigenvalue weighted by Crippen LogP contribution is 2.23. The molecular formula is C14H19N3. The number of hydrogen-bond donors (Lipinski definition) is 1. The lowest BCUT2D eigenvalue weighted by atomic mass is 10.0. The van der Waals surface area contributed by atoms with Gasteiger partial charge < -0.3 is 10.2 Å². The minimum atomic E-state index is 0.309. The quantitative estimate of drug-likeness (QED) is 0.869. The number of rotatable bonds is 4. The predicted octanol–water partition coefficient (Wildman–Crippen LogP) is 2.06. The second-order valence-corrected chi connectivity index (χ2v) is 4.55. The molecule has 1 N–H and O–H groups in total. The lowest BCUT2D eigenvalue weighted by Gasteiger charge is -2.21. The molecule has 3 heteroatoms. The Balaban J connectivity index is 2.46. The lowest BCUT2D eigenvalue weighted by Crippen LogP contribution is -2.29. The van der Waals surface area contributed by atoms with E-state index in [-0.39, 0.29) is 0 Å². The summed E-state index contributed by atoms with van der Waals surface area (Å²) in [5.74, 6) is 0. The fourth-order valence-corrected chi connectivity index (χ4v) is 2.13. The Kier molecular flexibility index (Phi) is 3.71. The van der Waals surface area contributed by atoms with Gasteiger partial charge in [0, 0.05) is 30.4 Å². The molecule has 0 aliphatic carbocycles. The van der Waals surface area contributed by atoms with Crippen LogP contribution in [-0.2, 0) is 0 Å². The molecule has 0 saturated heterocycles. The number of benzene rings is 1. The first kappa shape index (κ1) is 12.0. The topological polar surface area (TPSA) is 28.2 Å². The SMILES string of the molecule is CNC(CN(C)C)c1cncc2ccccc12. The van der Waals surface area contributed by atoms with Crippen molar-refractivity contribution < 1.29 is 0 Å². The molecule has 1 aromatic heterocycles. The Morgan fingerprint density at radius 2 is 2.00 bits per heavy atom.